The van der Waals surface area contributed by atoms with E-state index in [0.29, 0.717) is 22.3 Å². The van der Waals surface area contributed by atoms with Crippen LogP contribution in [0.1, 0.15) is 26.4 Å². The number of ether oxygens (including phenoxy) is 1. The van der Waals surface area contributed by atoms with E-state index >= 15 is 0 Å². The van der Waals surface area contributed by atoms with E-state index in [2.05, 4.69) is 10.3 Å². The number of rotatable bonds is 5. The number of esters is 1. The summed E-state index contributed by atoms with van der Waals surface area (Å²) in [6.45, 7) is 3.62. The zero-order valence-electron chi connectivity index (χ0n) is 15.2. The van der Waals surface area contributed by atoms with Gasteiger partial charge in [0.2, 0.25) is 0 Å². The standard InChI is InChI=1S/C19H19N3O4S/c1-11-6-4-5-7-13(11)8-20-14(23)9-26-19(25)16-12(2)15-17(27-16)21-10-22(3)18(15)24/h4-7,10H,8-9H2,1-3H3,(H,20,23). The number of hydrogen-bond donors (Lipinski definition) is 1. The lowest BCUT2D eigenvalue weighted by Gasteiger charge is -2.08. The molecule has 0 bridgehead atoms. The van der Waals surface area contributed by atoms with Crippen LogP contribution < -0.4 is 10.9 Å². The number of aromatic nitrogens is 2. The molecule has 0 unspecified atom stereocenters. The van der Waals surface area contributed by atoms with Crippen molar-refractivity contribution >= 4 is 33.4 Å². The number of benzene rings is 1. The molecule has 1 aromatic carbocycles. The zero-order chi connectivity index (χ0) is 19.6. The molecule has 140 valence electrons. The number of aryl methyl sites for hydroxylation is 3. The maximum Gasteiger partial charge on any atom is 0.349 e. The first kappa shape index (κ1) is 18.8. The van der Waals surface area contributed by atoms with Gasteiger partial charge in [0.15, 0.2) is 6.61 Å². The molecule has 1 N–H and O–H groups in total. The van der Waals surface area contributed by atoms with E-state index in [1.165, 1.54) is 10.9 Å². The first-order valence-corrected chi connectivity index (χ1v) is 9.13. The van der Waals surface area contributed by atoms with Crippen LogP contribution in [0.4, 0.5) is 0 Å². The normalized spacial score (nSPS) is 10.8. The zero-order valence-corrected chi connectivity index (χ0v) is 16.1. The average Bonchev–Trinajstić information content (AvgIpc) is 2.99. The van der Waals surface area contributed by atoms with Gasteiger partial charge in [-0.25, -0.2) is 9.78 Å². The first-order valence-electron chi connectivity index (χ1n) is 8.31. The summed E-state index contributed by atoms with van der Waals surface area (Å²) in [6.07, 6.45) is 1.41. The van der Waals surface area contributed by atoms with E-state index in [1.807, 2.05) is 31.2 Å². The average molecular weight is 385 g/mol. The van der Waals surface area contributed by atoms with E-state index in [-0.39, 0.29) is 23.0 Å². The third-order valence-electron chi connectivity index (χ3n) is 4.27. The number of nitrogens with one attached hydrogen (secondary N) is 1. The maximum absolute atomic E-state index is 12.3. The van der Waals surface area contributed by atoms with Crippen molar-refractivity contribution in [1.82, 2.24) is 14.9 Å². The van der Waals surface area contributed by atoms with E-state index in [1.54, 1.807) is 14.0 Å². The van der Waals surface area contributed by atoms with Gasteiger partial charge in [-0.1, -0.05) is 24.3 Å². The Morgan fingerprint density at radius 3 is 2.74 bits per heavy atom. The third kappa shape index (κ3) is 3.90. The van der Waals surface area contributed by atoms with E-state index < -0.39 is 5.97 Å². The summed E-state index contributed by atoms with van der Waals surface area (Å²) in [5, 5.41) is 3.13. The fraction of sp³-hybridized carbons (Fsp3) is 0.263. The molecule has 0 aliphatic carbocycles. The number of hydrogen-bond acceptors (Lipinski definition) is 6. The van der Waals surface area contributed by atoms with Crippen LogP contribution in [0.15, 0.2) is 35.4 Å². The quantitative estimate of drug-likeness (QED) is 0.679. The van der Waals surface area contributed by atoms with Gasteiger partial charge < -0.3 is 14.6 Å². The van der Waals surface area contributed by atoms with Gasteiger partial charge in [-0.15, -0.1) is 11.3 Å². The molecule has 0 radical (unpaired) electrons. The second-order valence-corrected chi connectivity index (χ2v) is 7.18. The summed E-state index contributed by atoms with van der Waals surface area (Å²) in [4.78, 5) is 41.4. The Balaban J connectivity index is 1.64. The lowest BCUT2D eigenvalue weighted by atomic mass is 10.1. The van der Waals surface area contributed by atoms with Gasteiger partial charge in [-0.05, 0) is 30.5 Å². The Morgan fingerprint density at radius 1 is 1.26 bits per heavy atom. The molecule has 2 heterocycles. The first-order chi connectivity index (χ1) is 12.9. The van der Waals surface area contributed by atoms with Crippen LogP contribution in [-0.4, -0.2) is 28.0 Å². The number of amides is 1. The highest BCUT2D eigenvalue weighted by Crippen LogP contribution is 2.27. The fourth-order valence-electron chi connectivity index (χ4n) is 2.65. The predicted molar refractivity (Wildman–Crippen MR) is 103 cm³/mol. The van der Waals surface area contributed by atoms with Crippen molar-refractivity contribution in [2.24, 2.45) is 7.05 Å². The topological polar surface area (TPSA) is 90.3 Å². The summed E-state index contributed by atoms with van der Waals surface area (Å²) in [6, 6.07) is 7.72. The summed E-state index contributed by atoms with van der Waals surface area (Å²) >= 11 is 1.09. The van der Waals surface area contributed by atoms with Crippen LogP contribution in [0.5, 0.6) is 0 Å². The van der Waals surface area contributed by atoms with Gasteiger partial charge in [0, 0.05) is 13.6 Å². The Kier molecular flexibility index (Phi) is 5.36. The van der Waals surface area contributed by atoms with Crippen molar-refractivity contribution in [1.29, 1.82) is 0 Å². The second kappa shape index (κ2) is 7.71. The van der Waals surface area contributed by atoms with Crippen molar-refractivity contribution in [3.63, 3.8) is 0 Å². The fourth-order valence-corrected chi connectivity index (χ4v) is 3.69. The molecule has 8 heteroatoms. The van der Waals surface area contributed by atoms with E-state index in [9.17, 15) is 14.4 Å². The van der Waals surface area contributed by atoms with Crippen molar-refractivity contribution in [3.05, 3.63) is 62.5 Å². The Bertz CT molecular complexity index is 1080. The lowest BCUT2D eigenvalue weighted by molar-refractivity contribution is -0.124. The van der Waals surface area contributed by atoms with Gasteiger partial charge in [0.25, 0.3) is 11.5 Å². The second-order valence-electron chi connectivity index (χ2n) is 6.18. The molecule has 0 fully saturated rings. The molecular weight excluding hydrogens is 366 g/mol. The Morgan fingerprint density at radius 2 is 2.00 bits per heavy atom. The minimum absolute atomic E-state index is 0.219. The number of carbonyl (C=O) groups excluding carboxylic acids is 2. The van der Waals surface area contributed by atoms with Crippen LogP contribution in [0.3, 0.4) is 0 Å². The molecule has 1 amide bonds. The predicted octanol–water partition coefficient (Wildman–Crippen LogP) is 2.09. The minimum Gasteiger partial charge on any atom is -0.451 e. The Labute approximate surface area is 159 Å². The Hall–Kier alpha value is -3.00. The van der Waals surface area contributed by atoms with Crippen molar-refractivity contribution in [2.75, 3.05) is 6.61 Å². The molecule has 7 nitrogen and oxygen atoms in total. The molecule has 0 saturated carbocycles. The smallest absolute Gasteiger partial charge is 0.349 e. The van der Waals surface area contributed by atoms with Gasteiger partial charge in [0.05, 0.1) is 11.7 Å². The molecule has 0 saturated heterocycles. The largest absolute Gasteiger partial charge is 0.451 e. The summed E-state index contributed by atoms with van der Waals surface area (Å²) in [5.74, 6) is -1.02. The van der Waals surface area contributed by atoms with Gasteiger partial charge in [-0.2, -0.15) is 0 Å². The van der Waals surface area contributed by atoms with Crippen molar-refractivity contribution in [2.45, 2.75) is 20.4 Å². The molecule has 2 aromatic heterocycles. The minimum atomic E-state index is -0.636. The van der Waals surface area contributed by atoms with Crippen molar-refractivity contribution in [3.8, 4) is 0 Å². The molecule has 0 spiro atoms. The van der Waals surface area contributed by atoms with Crippen LogP contribution in [0.2, 0.25) is 0 Å². The molecule has 27 heavy (non-hydrogen) atoms. The molecular formula is C19H19N3O4S. The monoisotopic (exact) mass is 385 g/mol. The molecule has 0 atom stereocenters. The van der Waals surface area contributed by atoms with Crippen LogP contribution >= 0.6 is 11.3 Å². The van der Waals surface area contributed by atoms with Crippen LogP contribution in [-0.2, 0) is 23.1 Å². The molecule has 0 aliphatic heterocycles. The highest BCUT2D eigenvalue weighted by atomic mass is 32.1. The van der Waals surface area contributed by atoms with Gasteiger partial charge in [0.1, 0.15) is 9.71 Å². The van der Waals surface area contributed by atoms with Gasteiger partial charge >= 0.3 is 5.97 Å². The molecule has 3 rings (SSSR count). The number of fused-ring (bicyclic) bond motifs is 1. The highest BCUT2D eigenvalue weighted by Gasteiger charge is 2.20. The third-order valence-corrected chi connectivity index (χ3v) is 5.45. The SMILES string of the molecule is Cc1ccccc1CNC(=O)COC(=O)c1sc2ncn(C)c(=O)c2c1C. The summed E-state index contributed by atoms with van der Waals surface area (Å²) in [5.41, 5.74) is 2.38. The summed E-state index contributed by atoms with van der Waals surface area (Å²) < 4.78 is 6.47. The number of thiophene rings is 1. The van der Waals surface area contributed by atoms with Crippen molar-refractivity contribution < 1.29 is 14.3 Å². The van der Waals surface area contributed by atoms with Crippen LogP contribution in [0.25, 0.3) is 10.2 Å². The van der Waals surface area contributed by atoms with Crippen LogP contribution in [0, 0.1) is 13.8 Å². The molecule has 0 aliphatic rings. The highest BCUT2D eigenvalue weighted by molar-refractivity contribution is 7.20. The molecule has 3 aromatic rings. The van der Waals surface area contributed by atoms with E-state index in [4.69, 9.17) is 4.74 Å². The maximum atomic E-state index is 12.3. The number of carbonyl (C=O) groups is 2. The van der Waals surface area contributed by atoms with E-state index in [0.717, 1.165) is 22.5 Å². The number of nitrogens with zero attached hydrogens (tertiary/aromatic N) is 2. The lowest BCUT2D eigenvalue weighted by Crippen LogP contribution is -2.28. The van der Waals surface area contributed by atoms with Gasteiger partial charge in [-0.3, -0.25) is 9.59 Å². The summed E-state index contributed by atoms with van der Waals surface area (Å²) in [7, 11) is 1.60.